The zero-order valence-electron chi connectivity index (χ0n) is 18.9. The maximum Gasteiger partial charge on any atom is 0.0861 e. The van der Waals surface area contributed by atoms with Crippen LogP contribution in [0.2, 0.25) is 0 Å². The summed E-state index contributed by atoms with van der Waals surface area (Å²) < 4.78 is 5.44. The van der Waals surface area contributed by atoms with E-state index in [-0.39, 0.29) is 0 Å². The van der Waals surface area contributed by atoms with Gasteiger partial charge in [0.25, 0.3) is 0 Å². The van der Waals surface area contributed by atoms with Crippen LogP contribution in [0.1, 0.15) is 142 Å². The number of ether oxygens (including phenoxy) is 1. The van der Waals surface area contributed by atoms with Crippen molar-refractivity contribution >= 4 is 0 Å². The molecule has 0 aromatic rings. The lowest BCUT2D eigenvalue weighted by Crippen LogP contribution is -1.81. The largest absolute Gasteiger partial charge is 0.473 e. The Bertz CT molecular complexity index is 275. The van der Waals surface area contributed by atoms with Crippen LogP contribution in [-0.2, 0) is 4.74 Å². The molecule has 0 spiro atoms. The first-order valence-electron chi connectivity index (χ1n) is 12.4. The van der Waals surface area contributed by atoms with E-state index < -0.39 is 0 Å². The summed E-state index contributed by atoms with van der Waals surface area (Å²) in [5.74, 6) is 0. The SMILES string of the molecule is CCCCCCCCCCCC=COC=CCCCCCCCCCCC. The number of allylic oxidation sites excluding steroid dienone is 2. The lowest BCUT2D eigenvalue weighted by atomic mass is 10.1. The molecule has 0 amide bonds. The maximum absolute atomic E-state index is 5.44. The molecule has 0 saturated carbocycles. The zero-order chi connectivity index (χ0) is 19.7. The Kier molecular flexibility index (Phi) is 24.6. The zero-order valence-corrected chi connectivity index (χ0v) is 18.9. The molecule has 0 aliphatic heterocycles. The summed E-state index contributed by atoms with van der Waals surface area (Å²) >= 11 is 0. The van der Waals surface area contributed by atoms with E-state index in [1.807, 2.05) is 12.5 Å². The third-order valence-electron chi connectivity index (χ3n) is 5.30. The molecule has 1 heteroatoms. The van der Waals surface area contributed by atoms with Gasteiger partial charge in [-0.1, -0.05) is 117 Å². The van der Waals surface area contributed by atoms with Crippen LogP contribution in [0.25, 0.3) is 0 Å². The molecule has 0 aromatic heterocycles. The smallest absolute Gasteiger partial charge is 0.0861 e. The first kappa shape index (κ1) is 26.3. The minimum absolute atomic E-state index is 1.15. The Morgan fingerprint density at radius 3 is 1.04 bits per heavy atom. The molecule has 0 saturated heterocycles. The van der Waals surface area contributed by atoms with E-state index in [4.69, 9.17) is 4.74 Å². The van der Waals surface area contributed by atoms with Gasteiger partial charge in [0.05, 0.1) is 12.5 Å². The fourth-order valence-corrected chi connectivity index (χ4v) is 3.44. The molecule has 0 heterocycles. The van der Waals surface area contributed by atoms with Gasteiger partial charge < -0.3 is 4.74 Å². The summed E-state index contributed by atoms with van der Waals surface area (Å²) in [6.45, 7) is 4.57. The number of hydrogen-bond donors (Lipinski definition) is 0. The quantitative estimate of drug-likeness (QED) is 0.134. The minimum Gasteiger partial charge on any atom is -0.473 e. The van der Waals surface area contributed by atoms with E-state index in [0.29, 0.717) is 0 Å². The predicted molar refractivity (Wildman–Crippen MR) is 123 cm³/mol. The van der Waals surface area contributed by atoms with Gasteiger partial charge in [-0.15, -0.1) is 0 Å². The van der Waals surface area contributed by atoms with Gasteiger partial charge in [-0.2, -0.15) is 0 Å². The van der Waals surface area contributed by atoms with Crippen LogP contribution in [0.15, 0.2) is 24.7 Å². The second-order valence-corrected chi connectivity index (χ2v) is 8.11. The van der Waals surface area contributed by atoms with Crippen LogP contribution >= 0.6 is 0 Å². The Hall–Kier alpha value is -0.720. The monoisotopic (exact) mass is 378 g/mol. The summed E-state index contributed by atoms with van der Waals surface area (Å²) in [7, 11) is 0. The average Bonchev–Trinajstić information content (AvgIpc) is 2.68. The fourth-order valence-electron chi connectivity index (χ4n) is 3.44. The highest BCUT2D eigenvalue weighted by atomic mass is 16.5. The molecule has 1 nitrogen and oxygen atoms in total. The van der Waals surface area contributed by atoms with Crippen molar-refractivity contribution in [2.45, 2.75) is 142 Å². The molecule has 0 rings (SSSR count). The van der Waals surface area contributed by atoms with Gasteiger partial charge in [-0.3, -0.25) is 0 Å². The first-order chi connectivity index (χ1) is 13.4. The standard InChI is InChI=1S/C26H50O/c1-3-5-7-9-11-13-15-17-19-21-23-25-27-26-24-22-20-18-16-14-12-10-8-6-4-2/h23-26H,3-22H2,1-2H3. The molecule has 0 unspecified atom stereocenters. The third-order valence-corrected chi connectivity index (χ3v) is 5.30. The molecule has 160 valence electrons. The molecule has 27 heavy (non-hydrogen) atoms. The summed E-state index contributed by atoms with van der Waals surface area (Å²) in [4.78, 5) is 0. The highest BCUT2D eigenvalue weighted by Crippen LogP contribution is 2.11. The van der Waals surface area contributed by atoms with Gasteiger partial charge in [0.15, 0.2) is 0 Å². The van der Waals surface area contributed by atoms with Gasteiger partial charge in [0, 0.05) is 0 Å². The van der Waals surface area contributed by atoms with Crippen molar-refractivity contribution in [1.82, 2.24) is 0 Å². The molecular weight excluding hydrogens is 328 g/mol. The Morgan fingerprint density at radius 2 is 0.704 bits per heavy atom. The normalized spacial score (nSPS) is 11.8. The lowest BCUT2D eigenvalue weighted by molar-refractivity contribution is 0.397. The van der Waals surface area contributed by atoms with E-state index in [1.165, 1.54) is 116 Å². The number of unbranched alkanes of at least 4 members (excludes halogenated alkanes) is 18. The van der Waals surface area contributed by atoms with Crippen molar-refractivity contribution in [1.29, 1.82) is 0 Å². The van der Waals surface area contributed by atoms with Gasteiger partial charge in [-0.25, -0.2) is 0 Å². The summed E-state index contributed by atoms with van der Waals surface area (Å²) in [5.41, 5.74) is 0. The van der Waals surface area contributed by atoms with E-state index in [9.17, 15) is 0 Å². The maximum atomic E-state index is 5.44. The molecule has 0 atom stereocenters. The van der Waals surface area contributed by atoms with Crippen LogP contribution < -0.4 is 0 Å². The lowest BCUT2D eigenvalue weighted by Gasteiger charge is -2.00. The Balaban J connectivity index is 3.14. The van der Waals surface area contributed by atoms with Gasteiger partial charge in [-0.05, 0) is 37.8 Å². The highest BCUT2D eigenvalue weighted by molar-refractivity contribution is 4.79. The highest BCUT2D eigenvalue weighted by Gasteiger charge is 1.92. The van der Waals surface area contributed by atoms with Crippen LogP contribution in [0.5, 0.6) is 0 Å². The molecular formula is C26H50O. The Labute approximate surface area is 172 Å². The van der Waals surface area contributed by atoms with Crippen LogP contribution in [-0.4, -0.2) is 0 Å². The second-order valence-electron chi connectivity index (χ2n) is 8.11. The van der Waals surface area contributed by atoms with Crippen LogP contribution in [0.3, 0.4) is 0 Å². The van der Waals surface area contributed by atoms with E-state index >= 15 is 0 Å². The van der Waals surface area contributed by atoms with Gasteiger partial charge in [0.2, 0.25) is 0 Å². The average molecular weight is 379 g/mol. The number of hydrogen-bond acceptors (Lipinski definition) is 1. The summed E-state index contributed by atoms with van der Waals surface area (Å²) in [6.07, 6.45) is 35.5. The van der Waals surface area contributed by atoms with Crippen LogP contribution in [0, 0.1) is 0 Å². The predicted octanol–water partition coefficient (Wildman–Crippen LogP) is 9.87. The van der Waals surface area contributed by atoms with E-state index in [0.717, 1.165) is 12.8 Å². The number of rotatable bonds is 22. The first-order valence-corrected chi connectivity index (χ1v) is 12.4. The molecule has 0 bridgehead atoms. The molecule has 0 aliphatic carbocycles. The molecule has 0 N–H and O–H groups in total. The molecule has 0 aromatic carbocycles. The van der Waals surface area contributed by atoms with Crippen molar-refractivity contribution < 1.29 is 4.74 Å². The van der Waals surface area contributed by atoms with Crippen LogP contribution in [0.4, 0.5) is 0 Å². The summed E-state index contributed by atoms with van der Waals surface area (Å²) in [6, 6.07) is 0. The fraction of sp³-hybridized carbons (Fsp3) is 0.846. The van der Waals surface area contributed by atoms with Crippen molar-refractivity contribution in [3.63, 3.8) is 0 Å². The van der Waals surface area contributed by atoms with E-state index in [1.54, 1.807) is 0 Å². The molecule has 0 radical (unpaired) electrons. The summed E-state index contributed by atoms with van der Waals surface area (Å²) in [5, 5.41) is 0. The molecule has 0 fully saturated rings. The molecule has 0 aliphatic rings. The minimum atomic E-state index is 1.15. The second kappa shape index (κ2) is 25.3. The third kappa shape index (κ3) is 25.3. The van der Waals surface area contributed by atoms with Crippen molar-refractivity contribution in [2.24, 2.45) is 0 Å². The topological polar surface area (TPSA) is 9.23 Å². The van der Waals surface area contributed by atoms with E-state index in [2.05, 4.69) is 26.0 Å². The Morgan fingerprint density at radius 1 is 0.407 bits per heavy atom. The van der Waals surface area contributed by atoms with Gasteiger partial charge >= 0.3 is 0 Å². The van der Waals surface area contributed by atoms with Crippen molar-refractivity contribution in [3.8, 4) is 0 Å². The van der Waals surface area contributed by atoms with Gasteiger partial charge in [0.1, 0.15) is 0 Å². The van der Waals surface area contributed by atoms with Crippen molar-refractivity contribution in [3.05, 3.63) is 24.7 Å². The van der Waals surface area contributed by atoms with Crippen molar-refractivity contribution in [2.75, 3.05) is 0 Å².